The second-order valence-electron chi connectivity index (χ2n) is 6.23. The number of amides is 3. The summed E-state index contributed by atoms with van der Waals surface area (Å²) in [6.45, 7) is 0.106. The van der Waals surface area contributed by atoms with Crippen LogP contribution >= 0.6 is 23.2 Å². The van der Waals surface area contributed by atoms with E-state index in [1.54, 1.807) is 18.2 Å². The van der Waals surface area contributed by atoms with Gasteiger partial charge in [-0.1, -0.05) is 42.1 Å². The molecule has 128 valence electrons. The number of fused-ring (bicyclic) bond motifs is 1. The fourth-order valence-corrected chi connectivity index (χ4v) is 3.83. The molecular formula is C17H18Cl2N2O3. The molecule has 2 unspecified atom stereocenters. The third-order valence-electron chi connectivity index (χ3n) is 4.72. The molecule has 24 heavy (non-hydrogen) atoms. The molecule has 3 amide bonds. The number of likely N-dealkylation sites (tertiary alicyclic amines) is 1. The van der Waals surface area contributed by atoms with Crippen LogP contribution in [0.4, 0.5) is 5.69 Å². The number of anilines is 1. The predicted molar refractivity (Wildman–Crippen MR) is 91.9 cm³/mol. The Bertz CT molecular complexity index is 668. The Balaban J connectivity index is 1.59. The lowest BCUT2D eigenvalue weighted by molar-refractivity contribution is -0.140. The van der Waals surface area contributed by atoms with Crippen molar-refractivity contribution in [3.63, 3.8) is 0 Å². The maximum atomic E-state index is 12.4. The number of hydrogen-bond acceptors (Lipinski definition) is 3. The highest BCUT2D eigenvalue weighted by Gasteiger charge is 2.47. The Kier molecular flexibility index (Phi) is 5.11. The highest BCUT2D eigenvalue weighted by Crippen LogP contribution is 2.38. The fraction of sp³-hybridized carbons (Fsp3) is 0.471. The zero-order valence-electron chi connectivity index (χ0n) is 13.1. The first-order valence-electron chi connectivity index (χ1n) is 8.08. The molecule has 1 saturated carbocycles. The molecule has 2 aliphatic rings. The molecular weight excluding hydrogens is 351 g/mol. The van der Waals surface area contributed by atoms with Gasteiger partial charge >= 0.3 is 0 Å². The maximum absolute atomic E-state index is 12.4. The number of halogens is 2. The Morgan fingerprint density at radius 2 is 1.75 bits per heavy atom. The van der Waals surface area contributed by atoms with E-state index in [1.165, 1.54) is 4.90 Å². The second-order valence-corrected chi connectivity index (χ2v) is 7.01. The van der Waals surface area contributed by atoms with Crippen molar-refractivity contribution in [3.8, 4) is 0 Å². The molecule has 7 heteroatoms. The van der Waals surface area contributed by atoms with E-state index in [-0.39, 0.29) is 47.5 Å². The minimum absolute atomic E-state index is 0.0414. The quantitative estimate of drug-likeness (QED) is 0.827. The highest BCUT2D eigenvalue weighted by molar-refractivity contribution is 6.43. The van der Waals surface area contributed by atoms with Gasteiger partial charge in [0, 0.05) is 13.0 Å². The van der Waals surface area contributed by atoms with Crippen LogP contribution in [0.15, 0.2) is 18.2 Å². The van der Waals surface area contributed by atoms with Crippen molar-refractivity contribution in [1.29, 1.82) is 0 Å². The monoisotopic (exact) mass is 368 g/mol. The van der Waals surface area contributed by atoms with Crippen molar-refractivity contribution in [2.45, 2.75) is 32.1 Å². The average Bonchev–Trinajstić information content (AvgIpc) is 2.82. The Labute approximate surface area is 150 Å². The Morgan fingerprint density at radius 1 is 1.12 bits per heavy atom. The summed E-state index contributed by atoms with van der Waals surface area (Å²) in [5, 5.41) is 3.28. The molecule has 5 nitrogen and oxygen atoms in total. The standard InChI is InChI=1S/C17H18Cl2N2O3/c18-12-6-3-7-13(15(12)19)20-14(22)8-9-21-16(23)10-4-1-2-5-11(10)17(21)24/h3,6-7,10-11H,1-2,4-5,8-9H2,(H,20,22). The van der Waals surface area contributed by atoms with Crippen LogP contribution in [0, 0.1) is 11.8 Å². The van der Waals surface area contributed by atoms with Crippen LogP contribution in [0.2, 0.25) is 10.0 Å². The molecule has 1 aliphatic carbocycles. The molecule has 1 heterocycles. The van der Waals surface area contributed by atoms with Crippen LogP contribution in [0.5, 0.6) is 0 Å². The first kappa shape index (κ1) is 17.2. The molecule has 1 N–H and O–H groups in total. The summed E-state index contributed by atoms with van der Waals surface area (Å²) in [6.07, 6.45) is 3.56. The van der Waals surface area contributed by atoms with E-state index < -0.39 is 0 Å². The van der Waals surface area contributed by atoms with Crippen molar-refractivity contribution in [2.24, 2.45) is 11.8 Å². The van der Waals surface area contributed by atoms with E-state index in [9.17, 15) is 14.4 Å². The molecule has 1 aliphatic heterocycles. The Morgan fingerprint density at radius 3 is 2.38 bits per heavy atom. The van der Waals surface area contributed by atoms with E-state index in [0.717, 1.165) is 25.7 Å². The molecule has 2 atom stereocenters. The second kappa shape index (κ2) is 7.11. The van der Waals surface area contributed by atoms with Gasteiger partial charge in [-0.25, -0.2) is 0 Å². The third kappa shape index (κ3) is 3.28. The number of hydrogen-bond donors (Lipinski definition) is 1. The van der Waals surface area contributed by atoms with Crippen LogP contribution in [-0.4, -0.2) is 29.2 Å². The topological polar surface area (TPSA) is 66.5 Å². The molecule has 1 aromatic rings. The van der Waals surface area contributed by atoms with Gasteiger partial charge < -0.3 is 5.32 Å². The molecule has 2 fully saturated rings. The third-order valence-corrected chi connectivity index (χ3v) is 5.54. The zero-order chi connectivity index (χ0) is 17.3. The van der Waals surface area contributed by atoms with Gasteiger partial charge in [-0.05, 0) is 25.0 Å². The van der Waals surface area contributed by atoms with Crippen molar-refractivity contribution in [1.82, 2.24) is 4.90 Å². The minimum atomic E-state index is -0.311. The van der Waals surface area contributed by atoms with Gasteiger partial charge in [0.15, 0.2) is 0 Å². The minimum Gasteiger partial charge on any atom is -0.325 e. The van der Waals surface area contributed by atoms with E-state index in [0.29, 0.717) is 10.7 Å². The summed E-state index contributed by atoms with van der Waals surface area (Å²) < 4.78 is 0. The SMILES string of the molecule is O=C(CCN1C(=O)C2CCCCC2C1=O)Nc1cccc(Cl)c1Cl. The van der Waals surface area contributed by atoms with Crippen LogP contribution in [0.3, 0.4) is 0 Å². The summed E-state index contributed by atoms with van der Waals surface area (Å²) in [5.41, 5.74) is 0.418. The molecule has 1 saturated heterocycles. The molecule has 0 radical (unpaired) electrons. The van der Waals surface area contributed by atoms with Crippen LogP contribution in [-0.2, 0) is 14.4 Å². The number of carbonyl (C=O) groups is 3. The van der Waals surface area contributed by atoms with Crippen molar-refractivity contribution in [3.05, 3.63) is 28.2 Å². The van der Waals surface area contributed by atoms with Crippen molar-refractivity contribution >= 4 is 46.6 Å². The lowest BCUT2D eigenvalue weighted by Gasteiger charge is -2.19. The molecule has 0 bridgehead atoms. The summed E-state index contributed by atoms with van der Waals surface area (Å²) in [4.78, 5) is 38.1. The number of nitrogens with one attached hydrogen (secondary N) is 1. The number of rotatable bonds is 4. The van der Waals surface area contributed by atoms with E-state index >= 15 is 0 Å². The summed E-state index contributed by atoms with van der Waals surface area (Å²) in [5.74, 6) is -0.931. The normalized spacial score (nSPS) is 23.3. The van der Waals surface area contributed by atoms with Gasteiger partial charge in [-0.3, -0.25) is 19.3 Å². The molecule has 0 aromatic heterocycles. The molecule has 0 spiro atoms. The highest BCUT2D eigenvalue weighted by atomic mass is 35.5. The van der Waals surface area contributed by atoms with Crippen molar-refractivity contribution in [2.75, 3.05) is 11.9 Å². The van der Waals surface area contributed by atoms with Crippen molar-refractivity contribution < 1.29 is 14.4 Å². The lowest BCUT2D eigenvalue weighted by Crippen LogP contribution is -2.34. The summed E-state index contributed by atoms with van der Waals surface area (Å²) in [7, 11) is 0. The van der Waals surface area contributed by atoms with E-state index in [2.05, 4.69) is 5.32 Å². The van der Waals surface area contributed by atoms with E-state index in [1.807, 2.05) is 0 Å². The van der Waals surface area contributed by atoms with Gasteiger partial charge in [0.2, 0.25) is 17.7 Å². The smallest absolute Gasteiger partial charge is 0.233 e. The number of nitrogens with zero attached hydrogens (tertiary/aromatic N) is 1. The average molecular weight is 369 g/mol. The van der Waals surface area contributed by atoms with E-state index in [4.69, 9.17) is 23.2 Å². The Hall–Kier alpha value is -1.59. The zero-order valence-corrected chi connectivity index (χ0v) is 14.6. The summed E-state index contributed by atoms with van der Waals surface area (Å²) >= 11 is 11.9. The van der Waals surface area contributed by atoms with Gasteiger partial charge in [0.1, 0.15) is 0 Å². The van der Waals surface area contributed by atoms with Gasteiger partial charge in [-0.2, -0.15) is 0 Å². The van der Waals surface area contributed by atoms with Gasteiger partial charge in [0.25, 0.3) is 0 Å². The first-order valence-corrected chi connectivity index (χ1v) is 8.83. The number of carbonyl (C=O) groups excluding carboxylic acids is 3. The van der Waals surface area contributed by atoms with Crippen LogP contribution in [0.25, 0.3) is 0 Å². The van der Waals surface area contributed by atoms with Gasteiger partial charge in [0.05, 0.1) is 27.6 Å². The van der Waals surface area contributed by atoms with Crippen LogP contribution in [0.1, 0.15) is 32.1 Å². The largest absolute Gasteiger partial charge is 0.325 e. The van der Waals surface area contributed by atoms with Crippen LogP contribution < -0.4 is 5.32 Å². The lowest BCUT2D eigenvalue weighted by atomic mass is 9.81. The molecule has 3 rings (SSSR count). The number of benzene rings is 1. The van der Waals surface area contributed by atoms with Gasteiger partial charge in [-0.15, -0.1) is 0 Å². The molecule has 1 aromatic carbocycles. The fourth-order valence-electron chi connectivity index (χ4n) is 3.48. The summed E-state index contributed by atoms with van der Waals surface area (Å²) in [6, 6.07) is 4.96. The first-order chi connectivity index (χ1) is 11.5. The predicted octanol–water partition coefficient (Wildman–Crippen LogP) is 3.50. The maximum Gasteiger partial charge on any atom is 0.233 e. The number of imide groups is 1.